The lowest BCUT2D eigenvalue weighted by Crippen LogP contribution is -2.10. The first-order valence-electron chi connectivity index (χ1n) is 5.47. The van der Waals surface area contributed by atoms with Crippen molar-refractivity contribution in [2.45, 2.75) is 51.7 Å². The fourth-order valence-electron chi connectivity index (χ4n) is 0.839. The first-order chi connectivity index (χ1) is 6.95. The number of hydrogen-bond acceptors (Lipinski definition) is 3. The van der Waals surface area contributed by atoms with Crippen LogP contribution in [0.3, 0.4) is 0 Å². The van der Waals surface area contributed by atoms with Gasteiger partial charge in [0, 0.05) is 0 Å². The third-order valence-electron chi connectivity index (χ3n) is 1.86. The molecular formula is C11H24O2S2. The number of rotatable bonds is 6. The molecule has 0 aromatic heterocycles. The summed E-state index contributed by atoms with van der Waals surface area (Å²) in [7, 11) is 0. The highest BCUT2D eigenvalue weighted by Crippen LogP contribution is 2.05. The van der Waals surface area contributed by atoms with E-state index in [2.05, 4.69) is 39.1 Å². The van der Waals surface area contributed by atoms with E-state index >= 15 is 0 Å². The monoisotopic (exact) mass is 252 g/mol. The fourth-order valence-corrected chi connectivity index (χ4v) is 1.06. The second-order valence-electron chi connectivity index (χ2n) is 3.88. The van der Waals surface area contributed by atoms with Gasteiger partial charge in [-0.1, -0.05) is 33.6 Å². The average molecular weight is 252 g/mol. The topological polar surface area (TPSA) is 37.3 Å². The number of carbonyl (C=O) groups is 1. The standard InChI is InChI=1S/C7H16S.C4H8O2S/c1-7(2)5-3-4-6-8;1-2-3(7)4(5)6/h7-8H,3-6H2,1-2H3;3,7H,2H2,1H3,(H,5,6). The molecule has 0 aromatic carbocycles. The van der Waals surface area contributed by atoms with Crippen molar-refractivity contribution < 1.29 is 9.90 Å². The van der Waals surface area contributed by atoms with Gasteiger partial charge < -0.3 is 5.11 Å². The number of unbranched alkanes of at least 4 members (excludes halogenated alkanes) is 1. The molecule has 0 aromatic rings. The van der Waals surface area contributed by atoms with E-state index in [-0.39, 0.29) is 0 Å². The molecule has 0 aliphatic heterocycles. The van der Waals surface area contributed by atoms with Gasteiger partial charge >= 0.3 is 5.97 Å². The van der Waals surface area contributed by atoms with Crippen molar-refractivity contribution in [3.63, 3.8) is 0 Å². The van der Waals surface area contributed by atoms with Crippen LogP contribution in [0.25, 0.3) is 0 Å². The number of hydrogen-bond donors (Lipinski definition) is 3. The molecule has 0 spiro atoms. The Morgan fingerprint density at radius 2 is 1.87 bits per heavy atom. The first kappa shape index (κ1) is 17.6. The molecule has 92 valence electrons. The predicted molar refractivity (Wildman–Crippen MR) is 73.2 cm³/mol. The van der Waals surface area contributed by atoms with Crippen molar-refractivity contribution >= 4 is 31.2 Å². The number of carboxylic acid groups (broad SMARTS) is 1. The van der Waals surface area contributed by atoms with Crippen LogP contribution >= 0.6 is 25.3 Å². The number of aliphatic carboxylic acids is 1. The van der Waals surface area contributed by atoms with E-state index in [0.29, 0.717) is 6.42 Å². The zero-order valence-electron chi connectivity index (χ0n) is 9.94. The lowest BCUT2D eigenvalue weighted by molar-refractivity contribution is -0.136. The van der Waals surface area contributed by atoms with Gasteiger partial charge in [0.2, 0.25) is 0 Å². The summed E-state index contributed by atoms with van der Waals surface area (Å²) in [5.41, 5.74) is 0. The van der Waals surface area contributed by atoms with Crippen LogP contribution < -0.4 is 0 Å². The fraction of sp³-hybridized carbons (Fsp3) is 0.909. The van der Waals surface area contributed by atoms with E-state index in [1.165, 1.54) is 19.3 Å². The molecule has 1 unspecified atom stereocenters. The summed E-state index contributed by atoms with van der Waals surface area (Å²) < 4.78 is 0. The van der Waals surface area contributed by atoms with E-state index in [4.69, 9.17) is 5.11 Å². The number of thiol groups is 2. The highest BCUT2D eigenvalue weighted by molar-refractivity contribution is 7.81. The lowest BCUT2D eigenvalue weighted by atomic mass is 10.1. The van der Waals surface area contributed by atoms with Crippen molar-refractivity contribution in [3.05, 3.63) is 0 Å². The molecule has 0 amide bonds. The van der Waals surface area contributed by atoms with Gasteiger partial charge in [-0.15, -0.1) is 0 Å². The summed E-state index contributed by atoms with van der Waals surface area (Å²) in [5.74, 6) is 1.08. The Kier molecular flexibility index (Phi) is 14.3. The van der Waals surface area contributed by atoms with E-state index in [1.807, 2.05) is 0 Å². The Bertz CT molecular complexity index is 150. The molecule has 0 bridgehead atoms. The predicted octanol–water partition coefficient (Wildman–Crippen LogP) is 3.52. The molecule has 2 nitrogen and oxygen atoms in total. The molecule has 0 saturated heterocycles. The van der Waals surface area contributed by atoms with Gasteiger partial charge in [0.1, 0.15) is 0 Å². The maximum atomic E-state index is 9.85. The van der Waals surface area contributed by atoms with Gasteiger partial charge in [0.25, 0.3) is 0 Å². The first-order valence-corrected chi connectivity index (χ1v) is 6.62. The van der Waals surface area contributed by atoms with Crippen LogP contribution in [0.1, 0.15) is 46.5 Å². The van der Waals surface area contributed by atoms with Gasteiger partial charge in [0.05, 0.1) is 5.25 Å². The van der Waals surface area contributed by atoms with E-state index in [9.17, 15) is 4.79 Å². The Labute approximate surface area is 105 Å². The highest BCUT2D eigenvalue weighted by atomic mass is 32.1. The van der Waals surface area contributed by atoms with Crippen molar-refractivity contribution in [2.24, 2.45) is 5.92 Å². The maximum Gasteiger partial charge on any atom is 0.316 e. The Hall–Kier alpha value is 0.170. The van der Waals surface area contributed by atoms with Gasteiger partial charge in [0.15, 0.2) is 0 Å². The van der Waals surface area contributed by atoms with Gasteiger partial charge in [-0.3, -0.25) is 4.79 Å². The average Bonchev–Trinajstić information content (AvgIpc) is 2.17. The van der Waals surface area contributed by atoms with Crippen molar-refractivity contribution in [1.82, 2.24) is 0 Å². The maximum absolute atomic E-state index is 9.85. The zero-order valence-corrected chi connectivity index (χ0v) is 11.7. The molecule has 0 aliphatic rings. The highest BCUT2D eigenvalue weighted by Gasteiger charge is 2.06. The Balaban J connectivity index is 0. The molecule has 0 aliphatic carbocycles. The molecule has 15 heavy (non-hydrogen) atoms. The van der Waals surface area contributed by atoms with Crippen molar-refractivity contribution in [1.29, 1.82) is 0 Å². The third kappa shape index (κ3) is 16.8. The molecule has 1 atom stereocenters. The number of carboxylic acids is 1. The summed E-state index contributed by atoms with van der Waals surface area (Å²) in [6.07, 6.45) is 4.57. The van der Waals surface area contributed by atoms with E-state index < -0.39 is 11.2 Å². The lowest BCUT2D eigenvalue weighted by Gasteiger charge is -2.00. The van der Waals surface area contributed by atoms with Crippen LogP contribution in [0.4, 0.5) is 0 Å². The minimum absolute atomic E-state index is 0.486. The largest absolute Gasteiger partial charge is 0.480 e. The summed E-state index contributed by atoms with van der Waals surface area (Å²) in [4.78, 5) is 9.85. The summed E-state index contributed by atoms with van der Waals surface area (Å²) in [6, 6.07) is 0. The minimum Gasteiger partial charge on any atom is -0.480 e. The van der Waals surface area contributed by atoms with Crippen LogP contribution in [0.2, 0.25) is 0 Å². The van der Waals surface area contributed by atoms with Crippen LogP contribution in [-0.4, -0.2) is 22.1 Å². The van der Waals surface area contributed by atoms with Crippen LogP contribution in [0.15, 0.2) is 0 Å². The third-order valence-corrected chi connectivity index (χ3v) is 2.76. The van der Waals surface area contributed by atoms with E-state index in [0.717, 1.165) is 11.7 Å². The van der Waals surface area contributed by atoms with Gasteiger partial charge in [-0.25, -0.2) is 0 Å². The molecule has 0 saturated carbocycles. The zero-order chi connectivity index (χ0) is 12.3. The summed E-state index contributed by atoms with van der Waals surface area (Å²) in [6.45, 7) is 6.31. The van der Waals surface area contributed by atoms with E-state index in [1.54, 1.807) is 6.92 Å². The Morgan fingerprint density at radius 3 is 2.07 bits per heavy atom. The van der Waals surface area contributed by atoms with Gasteiger partial charge in [-0.2, -0.15) is 25.3 Å². The SMILES string of the molecule is CC(C)CCCCS.CCC(S)C(=O)O. The van der Waals surface area contributed by atoms with Crippen LogP contribution in [-0.2, 0) is 4.79 Å². The molecule has 0 rings (SSSR count). The smallest absolute Gasteiger partial charge is 0.316 e. The Morgan fingerprint density at radius 1 is 1.33 bits per heavy atom. The van der Waals surface area contributed by atoms with Gasteiger partial charge in [-0.05, 0) is 24.5 Å². The quantitative estimate of drug-likeness (QED) is 0.500. The molecule has 4 heteroatoms. The molecule has 0 fully saturated rings. The molecule has 0 radical (unpaired) electrons. The minimum atomic E-state index is -0.842. The molecule has 0 heterocycles. The normalized spacial score (nSPS) is 11.9. The molecule has 1 N–H and O–H groups in total. The summed E-state index contributed by atoms with van der Waals surface area (Å²) >= 11 is 7.85. The van der Waals surface area contributed by atoms with Crippen LogP contribution in [0.5, 0.6) is 0 Å². The summed E-state index contributed by atoms with van der Waals surface area (Å²) in [5, 5.41) is 7.62. The van der Waals surface area contributed by atoms with Crippen LogP contribution in [0, 0.1) is 5.92 Å². The second-order valence-corrected chi connectivity index (χ2v) is 4.95. The van der Waals surface area contributed by atoms with Crippen molar-refractivity contribution in [2.75, 3.05) is 5.75 Å². The molecular weight excluding hydrogens is 228 g/mol. The second kappa shape index (κ2) is 12.2. The van der Waals surface area contributed by atoms with Crippen molar-refractivity contribution in [3.8, 4) is 0 Å².